The molecule has 0 aromatic heterocycles. The molecule has 1 N–H and O–H groups in total. The zero-order valence-electron chi connectivity index (χ0n) is 12.7. The number of rotatable bonds is 2. The SMILES string of the molecule is CCN(C)C1CCC(C)(O)N(C(C)=O)C(C)(C)C1. The van der Waals surface area contributed by atoms with Crippen molar-refractivity contribution in [2.24, 2.45) is 0 Å². The summed E-state index contributed by atoms with van der Waals surface area (Å²) in [6.45, 7) is 10.5. The van der Waals surface area contributed by atoms with E-state index in [2.05, 4.69) is 18.9 Å². The van der Waals surface area contributed by atoms with Crippen LogP contribution < -0.4 is 0 Å². The van der Waals surface area contributed by atoms with E-state index in [0.717, 1.165) is 19.4 Å². The molecule has 1 fully saturated rings. The zero-order valence-corrected chi connectivity index (χ0v) is 12.7. The largest absolute Gasteiger partial charge is 0.371 e. The van der Waals surface area contributed by atoms with Crippen LogP contribution in [0.1, 0.15) is 53.9 Å². The van der Waals surface area contributed by atoms with E-state index in [-0.39, 0.29) is 11.4 Å². The second-order valence-electron chi connectivity index (χ2n) is 6.35. The summed E-state index contributed by atoms with van der Waals surface area (Å²) in [5, 5.41) is 10.6. The van der Waals surface area contributed by atoms with Crippen LogP contribution in [0.4, 0.5) is 0 Å². The van der Waals surface area contributed by atoms with Gasteiger partial charge in [0.2, 0.25) is 5.91 Å². The summed E-state index contributed by atoms with van der Waals surface area (Å²) in [5.41, 5.74) is -1.36. The average Bonchev–Trinajstić information content (AvgIpc) is 2.29. The van der Waals surface area contributed by atoms with E-state index in [9.17, 15) is 9.90 Å². The predicted molar refractivity (Wildman–Crippen MR) is 73.2 cm³/mol. The van der Waals surface area contributed by atoms with Gasteiger partial charge < -0.3 is 14.9 Å². The van der Waals surface area contributed by atoms with Crippen LogP contribution in [0.2, 0.25) is 0 Å². The van der Waals surface area contributed by atoms with Gasteiger partial charge in [0.05, 0.1) is 0 Å². The van der Waals surface area contributed by atoms with Crippen molar-refractivity contribution >= 4 is 5.91 Å². The summed E-state index contributed by atoms with van der Waals surface area (Å²) >= 11 is 0. The molecule has 4 nitrogen and oxygen atoms in total. The summed E-state index contributed by atoms with van der Waals surface area (Å²) in [6.07, 6.45) is 2.45. The van der Waals surface area contributed by atoms with Gasteiger partial charge >= 0.3 is 0 Å². The Kier molecular flexibility index (Phi) is 4.44. The number of hydrogen-bond donors (Lipinski definition) is 1. The minimum Gasteiger partial charge on any atom is -0.371 e. The highest BCUT2D eigenvalue weighted by Crippen LogP contribution is 2.36. The minimum absolute atomic E-state index is 0.0511. The molecule has 0 spiro atoms. The van der Waals surface area contributed by atoms with E-state index in [1.165, 1.54) is 0 Å². The molecule has 0 bridgehead atoms. The van der Waals surface area contributed by atoms with Crippen molar-refractivity contribution in [3.8, 4) is 0 Å². The fourth-order valence-electron chi connectivity index (χ4n) is 3.37. The van der Waals surface area contributed by atoms with E-state index in [1.807, 2.05) is 13.8 Å². The molecule has 1 saturated heterocycles. The summed E-state index contributed by atoms with van der Waals surface area (Å²) in [4.78, 5) is 15.8. The van der Waals surface area contributed by atoms with E-state index >= 15 is 0 Å². The monoisotopic (exact) mass is 256 g/mol. The Balaban J connectivity index is 3.05. The Morgan fingerprint density at radius 2 is 2.00 bits per heavy atom. The summed E-state index contributed by atoms with van der Waals surface area (Å²) < 4.78 is 0. The third-order valence-corrected chi connectivity index (χ3v) is 4.21. The Labute approximate surface area is 111 Å². The van der Waals surface area contributed by atoms with Gasteiger partial charge in [-0.1, -0.05) is 6.92 Å². The van der Waals surface area contributed by atoms with Crippen LogP contribution >= 0.6 is 0 Å². The highest BCUT2D eigenvalue weighted by molar-refractivity contribution is 5.75. The second kappa shape index (κ2) is 5.17. The first-order chi connectivity index (χ1) is 8.12. The van der Waals surface area contributed by atoms with Crippen LogP contribution in [0.15, 0.2) is 0 Å². The fourth-order valence-corrected chi connectivity index (χ4v) is 3.37. The van der Waals surface area contributed by atoms with Crippen molar-refractivity contribution in [2.75, 3.05) is 13.6 Å². The van der Waals surface area contributed by atoms with Crippen LogP contribution in [0.3, 0.4) is 0 Å². The van der Waals surface area contributed by atoms with Gasteiger partial charge in [-0.25, -0.2) is 0 Å². The molecule has 1 amide bonds. The lowest BCUT2D eigenvalue weighted by Crippen LogP contribution is -2.58. The van der Waals surface area contributed by atoms with Gasteiger partial charge in [-0.15, -0.1) is 0 Å². The van der Waals surface area contributed by atoms with Crippen LogP contribution in [-0.2, 0) is 4.79 Å². The van der Waals surface area contributed by atoms with Crippen molar-refractivity contribution in [2.45, 2.75) is 71.2 Å². The van der Waals surface area contributed by atoms with Gasteiger partial charge in [-0.05, 0) is 53.6 Å². The van der Waals surface area contributed by atoms with Gasteiger partial charge in [0.25, 0.3) is 0 Å². The summed E-state index contributed by atoms with van der Waals surface area (Å²) in [6, 6.07) is 0.417. The van der Waals surface area contributed by atoms with Gasteiger partial charge in [-0.3, -0.25) is 4.79 Å². The lowest BCUT2D eigenvalue weighted by Gasteiger charge is -2.46. The van der Waals surface area contributed by atoms with Crippen molar-refractivity contribution in [1.29, 1.82) is 0 Å². The van der Waals surface area contributed by atoms with Gasteiger partial charge in [0, 0.05) is 18.5 Å². The molecule has 1 aliphatic rings. The first kappa shape index (κ1) is 15.4. The third kappa shape index (κ3) is 3.04. The first-order valence-corrected chi connectivity index (χ1v) is 6.85. The van der Waals surface area contributed by atoms with E-state index in [1.54, 1.807) is 18.7 Å². The number of nitrogens with zero attached hydrogens (tertiary/aromatic N) is 2. The molecule has 0 radical (unpaired) electrons. The maximum absolute atomic E-state index is 11.9. The molecule has 2 atom stereocenters. The smallest absolute Gasteiger partial charge is 0.222 e. The number of carbonyl (C=O) groups excluding carboxylic acids is 1. The lowest BCUT2D eigenvalue weighted by molar-refractivity contribution is -0.170. The van der Waals surface area contributed by atoms with Crippen molar-refractivity contribution < 1.29 is 9.90 Å². The molecule has 1 aliphatic heterocycles. The zero-order chi connectivity index (χ0) is 14.1. The highest BCUT2D eigenvalue weighted by atomic mass is 16.3. The second-order valence-corrected chi connectivity index (χ2v) is 6.35. The Hall–Kier alpha value is -0.610. The van der Waals surface area contributed by atoms with E-state index in [4.69, 9.17) is 0 Å². The van der Waals surface area contributed by atoms with Crippen LogP contribution in [0.25, 0.3) is 0 Å². The third-order valence-electron chi connectivity index (χ3n) is 4.21. The quantitative estimate of drug-likeness (QED) is 0.819. The average molecular weight is 256 g/mol. The number of hydrogen-bond acceptors (Lipinski definition) is 3. The molecule has 1 heterocycles. The number of amides is 1. The predicted octanol–water partition coefficient (Wildman–Crippen LogP) is 1.83. The maximum atomic E-state index is 11.9. The Morgan fingerprint density at radius 1 is 1.44 bits per heavy atom. The molecular formula is C14H28N2O2. The molecule has 0 aromatic rings. The number of carbonyl (C=O) groups is 1. The van der Waals surface area contributed by atoms with Crippen molar-refractivity contribution in [3.05, 3.63) is 0 Å². The van der Waals surface area contributed by atoms with Gasteiger partial charge in [0.15, 0.2) is 0 Å². The molecular weight excluding hydrogens is 228 g/mol. The van der Waals surface area contributed by atoms with Gasteiger partial charge in [0.1, 0.15) is 5.72 Å². The number of aliphatic hydroxyl groups is 1. The minimum atomic E-state index is -1.04. The van der Waals surface area contributed by atoms with E-state index < -0.39 is 5.72 Å². The fraction of sp³-hybridized carbons (Fsp3) is 0.929. The molecule has 0 aliphatic carbocycles. The molecule has 4 heteroatoms. The molecule has 0 aromatic carbocycles. The topological polar surface area (TPSA) is 43.8 Å². The molecule has 0 saturated carbocycles. The highest BCUT2D eigenvalue weighted by Gasteiger charge is 2.45. The maximum Gasteiger partial charge on any atom is 0.222 e. The molecule has 106 valence electrons. The van der Waals surface area contributed by atoms with Crippen molar-refractivity contribution in [1.82, 2.24) is 9.80 Å². The normalized spacial score (nSPS) is 32.4. The lowest BCUT2D eigenvalue weighted by atomic mass is 9.92. The van der Waals surface area contributed by atoms with Crippen LogP contribution in [0, 0.1) is 0 Å². The number of likely N-dealkylation sites (tertiary alicyclic amines) is 1. The molecule has 18 heavy (non-hydrogen) atoms. The van der Waals surface area contributed by atoms with Crippen molar-refractivity contribution in [3.63, 3.8) is 0 Å². The first-order valence-electron chi connectivity index (χ1n) is 6.85. The Bertz CT molecular complexity index is 313. The standard InChI is InChI=1S/C14H28N2O2/c1-7-15(6)12-8-9-14(5,18)16(11(2)17)13(3,4)10-12/h12,18H,7-10H2,1-6H3. The summed E-state index contributed by atoms with van der Waals surface area (Å²) in [5.74, 6) is -0.0511. The van der Waals surface area contributed by atoms with Crippen LogP contribution in [0.5, 0.6) is 0 Å². The summed E-state index contributed by atoms with van der Waals surface area (Å²) in [7, 11) is 2.11. The van der Waals surface area contributed by atoms with E-state index in [0.29, 0.717) is 12.5 Å². The van der Waals surface area contributed by atoms with Crippen LogP contribution in [-0.4, -0.2) is 51.7 Å². The Morgan fingerprint density at radius 3 is 2.44 bits per heavy atom. The van der Waals surface area contributed by atoms with Gasteiger partial charge in [-0.2, -0.15) is 0 Å². The molecule has 2 unspecified atom stereocenters. The molecule has 1 rings (SSSR count).